The van der Waals surface area contributed by atoms with E-state index in [1.54, 1.807) is 13.8 Å². The number of aromatic amines is 1. The lowest BCUT2D eigenvalue weighted by molar-refractivity contribution is -0.179. The molecule has 0 radical (unpaired) electrons. The molecule has 8 heteroatoms. The summed E-state index contributed by atoms with van der Waals surface area (Å²) in [5.41, 5.74) is 2.14. The zero-order valence-corrected chi connectivity index (χ0v) is 20.1. The highest BCUT2D eigenvalue weighted by Gasteiger charge is 2.60. The Morgan fingerprint density at radius 3 is 2.61 bits per heavy atom. The number of esters is 1. The van der Waals surface area contributed by atoms with Crippen LogP contribution in [0.4, 0.5) is 0 Å². The molecule has 2 aliphatic heterocycles. The second-order valence-corrected chi connectivity index (χ2v) is 10.2. The Labute approximate surface area is 205 Å². The first-order chi connectivity index (χ1) is 17.3. The summed E-state index contributed by atoms with van der Waals surface area (Å²) < 4.78 is 13.4. The van der Waals surface area contributed by atoms with Crippen LogP contribution in [0, 0.1) is 0 Å². The summed E-state index contributed by atoms with van der Waals surface area (Å²) in [5, 5.41) is 18.2. The fraction of sp³-hybridized carbons (Fsp3) is 0.286. The standard InChI is InChI=1S/C28H25N3O5/c1-27(2)28(34,26(33)35-3)12-19(36-27)31-18-11-7-5-9-15(18)21-22-16(13-29-25(22)32)20-14-8-4-6-10-17(14)30-23(20)24(21)31/h4-11,19,30,34H,12-13H2,1-3H3,(H,29,32)/t19-,28-/m1/s1. The van der Waals surface area contributed by atoms with Crippen molar-refractivity contribution in [2.75, 3.05) is 7.11 Å². The molecule has 182 valence electrons. The Hall–Kier alpha value is -3.88. The number of ether oxygens (including phenoxy) is 2. The minimum Gasteiger partial charge on any atom is -0.467 e. The Morgan fingerprint density at radius 1 is 1.11 bits per heavy atom. The molecular weight excluding hydrogens is 458 g/mol. The highest BCUT2D eigenvalue weighted by molar-refractivity contribution is 6.30. The summed E-state index contributed by atoms with van der Waals surface area (Å²) >= 11 is 0. The highest BCUT2D eigenvalue weighted by Crippen LogP contribution is 2.50. The maximum absolute atomic E-state index is 13.2. The number of amides is 1. The van der Waals surface area contributed by atoms with Crippen molar-refractivity contribution >= 4 is 55.5 Å². The van der Waals surface area contributed by atoms with E-state index in [0.717, 1.165) is 49.2 Å². The number of carbonyl (C=O) groups is 2. The van der Waals surface area contributed by atoms with Gasteiger partial charge in [0.2, 0.25) is 0 Å². The van der Waals surface area contributed by atoms with Gasteiger partial charge in [0.05, 0.1) is 29.2 Å². The second-order valence-electron chi connectivity index (χ2n) is 10.2. The smallest absolute Gasteiger partial charge is 0.341 e. The number of H-pyrrole nitrogens is 1. The first kappa shape index (κ1) is 21.4. The Bertz CT molecular complexity index is 1780. The average molecular weight is 484 g/mol. The number of nitrogens with zero attached hydrogens (tertiary/aromatic N) is 1. The van der Waals surface area contributed by atoms with E-state index < -0.39 is 23.4 Å². The van der Waals surface area contributed by atoms with Gasteiger partial charge in [-0.25, -0.2) is 4.79 Å². The van der Waals surface area contributed by atoms with Gasteiger partial charge >= 0.3 is 5.97 Å². The van der Waals surface area contributed by atoms with Crippen LogP contribution in [0.5, 0.6) is 0 Å². The summed E-state index contributed by atoms with van der Waals surface area (Å²) in [7, 11) is 1.26. The molecule has 36 heavy (non-hydrogen) atoms. The van der Waals surface area contributed by atoms with Crippen molar-refractivity contribution in [2.24, 2.45) is 0 Å². The van der Waals surface area contributed by atoms with E-state index in [-0.39, 0.29) is 12.3 Å². The van der Waals surface area contributed by atoms with Crippen molar-refractivity contribution in [3.05, 3.63) is 59.7 Å². The number of methoxy groups -OCH3 is 1. The predicted molar refractivity (Wildman–Crippen MR) is 136 cm³/mol. The molecule has 1 amide bonds. The molecule has 1 saturated heterocycles. The number of nitrogens with one attached hydrogen (secondary N) is 2. The largest absolute Gasteiger partial charge is 0.467 e. The number of fused-ring (bicyclic) bond motifs is 10. The van der Waals surface area contributed by atoms with Crippen LogP contribution in [-0.4, -0.2) is 44.8 Å². The van der Waals surface area contributed by atoms with Crippen LogP contribution in [0.2, 0.25) is 0 Å². The van der Waals surface area contributed by atoms with E-state index in [2.05, 4.69) is 16.4 Å². The number of hydrogen-bond acceptors (Lipinski definition) is 5. The Morgan fingerprint density at radius 2 is 1.83 bits per heavy atom. The molecule has 0 saturated carbocycles. The Balaban J connectivity index is 1.65. The molecule has 2 atom stereocenters. The molecule has 3 N–H and O–H groups in total. The minimum absolute atomic E-state index is 0.00541. The van der Waals surface area contributed by atoms with Gasteiger partial charge in [0.25, 0.3) is 5.91 Å². The number of aromatic nitrogens is 2. The lowest BCUT2D eigenvalue weighted by Crippen LogP contribution is -2.53. The normalized spacial score (nSPS) is 23.1. The molecule has 1 fully saturated rings. The molecule has 0 bridgehead atoms. The number of hydrogen-bond donors (Lipinski definition) is 3. The topological polar surface area (TPSA) is 106 Å². The van der Waals surface area contributed by atoms with Crippen LogP contribution < -0.4 is 5.32 Å². The van der Waals surface area contributed by atoms with Crippen LogP contribution in [-0.2, 0) is 20.8 Å². The third-order valence-corrected chi connectivity index (χ3v) is 8.07. The van der Waals surface area contributed by atoms with E-state index >= 15 is 0 Å². The molecule has 4 heterocycles. The van der Waals surface area contributed by atoms with Crippen LogP contribution >= 0.6 is 0 Å². The average Bonchev–Trinajstić information content (AvgIpc) is 3.58. The van der Waals surface area contributed by atoms with Gasteiger partial charge < -0.3 is 29.4 Å². The predicted octanol–water partition coefficient (Wildman–Crippen LogP) is 4.27. The summed E-state index contributed by atoms with van der Waals surface area (Å²) in [6.07, 6.45) is -0.672. The molecule has 2 aliphatic rings. The SMILES string of the molecule is COC(=O)[C@]1(O)C[C@H](n2c3ccccc3c3c4c(c5c6ccccc6[nH]c5c32)CNC4=O)OC1(C)C. The van der Waals surface area contributed by atoms with E-state index in [9.17, 15) is 14.7 Å². The zero-order chi connectivity index (χ0) is 25.0. The first-order valence-corrected chi connectivity index (χ1v) is 12.0. The fourth-order valence-corrected chi connectivity index (χ4v) is 6.27. The molecule has 3 aromatic carbocycles. The van der Waals surface area contributed by atoms with Gasteiger partial charge in [0, 0.05) is 40.0 Å². The summed E-state index contributed by atoms with van der Waals surface area (Å²) in [6, 6.07) is 15.9. The molecule has 8 nitrogen and oxygen atoms in total. The molecule has 2 aromatic heterocycles. The third-order valence-electron chi connectivity index (χ3n) is 8.07. The minimum atomic E-state index is -1.84. The lowest BCUT2D eigenvalue weighted by atomic mass is 9.85. The highest BCUT2D eigenvalue weighted by atomic mass is 16.6. The van der Waals surface area contributed by atoms with Gasteiger partial charge in [-0.05, 0) is 31.5 Å². The van der Waals surface area contributed by atoms with Gasteiger partial charge in [-0.15, -0.1) is 0 Å². The van der Waals surface area contributed by atoms with Crippen LogP contribution in [0.1, 0.15) is 42.4 Å². The quantitative estimate of drug-likeness (QED) is 0.325. The number of aliphatic hydroxyl groups is 1. The van der Waals surface area contributed by atoms with Gasteiger partial charge in [-0.2, -0.15) is 0 Å². The third kappa shape index (κ3) is 2.45. The van der Waals surface area contributed by atoms with Crippen LogP contribution in [0.15, 0.2) is 48.5 Å². The number of benzene rings is 3. The summed E-state index contributed by atoms with van der Waals surface area (Å²) in [5.74, 6) is -0.837. The van der Waals surface area contributed by atoms with Gasteiger partial charge in [0.1, 0.15) is 11.8 Å². The van der Waals surface area contributed by atoms with Crippen molar-refractivity contribution in [2.45, 2.75) is 44.2 Å². The zero-order valence-electron chi connectivity index (χ0n) is 20.1. The van der Waals surface area contributed by atoms with E-state index in [0.29, 0.717) is 12.1 Å². The first-order valence-electron chi connectivity index (χ1n) is 12.0. The summed E-state index contributed by atoms with van der Waals surface area (Å²) in [4.78, 5) is 29.5. The van der Waals surface area contributed by atoms with Gasteiger partial charge in [0.15, 0.2) is 5.60 Å². The second kappa shape index (κ2) is 6.87. The maximum atomic E-state index is 13.2. The van der Waals surface area contributed by atoms with Crippen molar-refractivity contribution < 1.29 is 24.2 Å². The van der Waals surface area contributed by atoms with Crippen molar-refractivity contribution in [3.63, 3.8) is 0 Å². The Kier molecular flexibility index (Phi) is 4.08. The van der Waals surface area contributed by atoms with E-state index in [4.69, 9.17) is 9.47 Å². The molecular formula is C28H25N3O5. The van der Waals surface area contributed by atoms with Crippen molar-refractivity contribution in [1.29, 1.82) is 0 Å². The molecule has 0 aliphatic carbocycles. The van der Waals surface area contributed by atoms with Gasteiger partial charge in [-0.1, -0.05) is 36.4 Å². The van der Waals surface area contributed by atoms with E-state index in [1.165, 1.54) is 7.11 Å². The van der Waals surface area contributed by atoms with Gasteiger partial charge in [-0.3, -0.25) is 4.79 Å². The monoisotopic (exact) mass is 483 g/mol. The van der Waals surface area contributed by atoms with Crippen LogP contribution in [0.25, 0.3) is 43.6 Å². The number of rotatable bonds is 2. The molecule has 7 rings (SSSR count). The lowest BCUT2D eigenvalue weighted by Gasteiger charge is -2.31. The van der Waals surface area contributed by atoms with Crippen molar-refractivity contribution in [1.82, 2.24) is 14.9 Å². The maximum Gasteiger partial charge on any atom is 0.341 e. The molecule has 5 aromatic rings. The van der Waals surface area contributed by atoms with E-state index in [1.807, 2.05) is 47.0 Å². The summed E-state index contributed by atoms with van der Waals surface area (Å²) in [6.45, 7) is 3.85. The molecule has 0 spiro atoms. The number of carbonyl (C=O) groups excluding carboxylic acids is 2. The number of para-hydroxylation sites is 2. The van der Waals surface area contributed by atoms with Crippen molar-refractivity contribution in [3.8, 4) is 0 Å². The van der Waals surface area contributed by atoms with Crippen LogP contribution in [0.3, 0.4) is 0 Å². The molecule has 0 unspecified atom stereocenters. The fourth-order valence-electron chi connectivity index (χ4n) is 6.27.